The quantitative estimate of drug-likeness (QED) is 0.402. The number of nitrogens with one attached hydrogen (secondary N) is 2. The molecule has 0 fully saturated rings. The Morgan fingerprint density at radius 2 is 2.03 bits per heavy atom. The molecule has 0 amide bonds. The average Bonchev–Trinajstić information content (AvgIpc) is 3.31. The van der Waals surface area contributed by atoms with Crippen molar-refractivity contribution in [3.8, 4) is 0 Å². The molecule has 0 radical (unpaired) electrons. The van der Waals surface area contributed by atoms with E-state index in [4.69, 9.17) is 0 Å². The molecule has 3 aromatic heterocycles. The maximum atomic E-state index is 12.1. The highest BCUT2D eigenvalue weighted by Gasteiger charge is 2.23. The molecule has 0 spiro atoms. The van der Waals surface area contributed by atoms with Crippen LogP contribution in [-0.2, 0) is 17.6 Å². The summed E-state index contributed by atoms with van der Waals surface area (Å²) in [6.45, 7) is 6.19. The van der Waals surface area contributed by atoms with E-state index >= 15 is 0 Å². The lowest BCUT2D eigenvalue weighted by Crippen LogP contribution is -2.32. The Morgan fingerprint density at radius 1 is 1.24 bits per heavy atom. The van der Waals surface area contributed by atoms with Crippen LogP contribution in [0.15, 0.2) is 36.5 Å². The Balaban J connectivity index is 1.72. The van der Waals surface area contributed by atoms with Gasteiger partial charge in [0.2, 0.25) is 0 Å². The molecule has 0 saturated carbocycles. The summed E-state index contributed by atoms with van der Waals surface area (Å²) in [7, 11) is 0. The van der Waals surface area contributed by atoms with E-state index in [1.54, 1.807) is 11.3 Å². The van der Waals surface area contributed by atoms with E-state index in [-0.39, 0.29) is 5.92 Å². The molecule has 4 aromatic rings. The topological polar surface area (TPSA) is 90.9 Å². The highest BCUT2D eigenvalue weighted by molar-refractivity contribution is 7.18. The number of carbonyl (C=O) groups is 1. The van der Waals surface area contributed by atoms with Crippen LogP contribution in [0.25, 0.3) is 21.1 Å². The number of aromatic nitrogens is 3. The Hall–Kier alpha value is -2.93. The number of hydrogen-bond donors (Lipinski definition) is 3. The number of carboxylic acid groups (broad SMARTS) is 1. The number of nitrogens with zero attached hydrogens (tertiary/aromatic N) is 2. The smallest absolute Gasteiger partial charge is 0.326 e. The third-order valence-electron chi connectivity index (χ3n) is 5.03. The van der Waals surface area contributed by atoms with Gasteiger partial charge in [0.1, 0.15) is 22.5 Å². The zero-order chi connectivity index (χ0) is 20.5. The molecule has 1 atom stereocenters. The standard InChI is InChI=1S/C22H24N4O2S/c1-4-14-10-16-20(25-19(12(2)3)26-21(16)29-14)24-18(22(27)28)9-13-11-23-17-8-6-5-7-15(13)17/h5-8,10-12,18,23H,4,9H2,1-3H3,(H,27,28)(H,24,25,26). The fourth-order valence-corrected chi connectivity index (χ4v) is 4.39. The minimum atomic E-state index is -0.904. The van der Waals surface area contributed by atoms with Gasteiger partial charge in [0.15, 0.2) is 0 Å². The van der Waals surface area contributed by atoms with Crippen LogP contribution in [0.3, 0.4) is 0 Å². The van der Waals surface area contributed by atoms with Crippen molar-refractivity contribution in [2.24, 2.45) is 0 Å². The van der Waals surface area contributed by atoms with Gasteiger partial charge in [0.25, 0.3) is 0 Å². The van der Waals surface area contributed by atoms with E-state index in [2.05, 4.69) is 33.3 Å². The van der Waals surface area contributed by atoms with E-state index < -0.39 is 12.0 Å². The molecule has 1 aromatic carbocycles. The molecule has 0 aliphatic carbocycles. The van der Waals surface area contributed by atoms with Crippen LogP contribution >= 0.6 is 11.3 Å². The van der Waals surface area contributed by atoms with E-state index in [1.165, 1.54) is 4.88 Å². The number of fused-ring (bicyclic) bond motifs is 2. The molecule has 1 unspecified atom stereocenters. The minimum absolute atomic E-state index is 0.157. The molecule has 0 aliphatic heterocycles. The largest absolute Gasteiger partial charge is 0.480 e. The second kappa shape index (κ2) is 7.83. The lowest BCUT2D eigenvalue weighted by atomic mass is 10.0. The molecule has 4 rings (SSSR count). The summed E-state index contributed by atoms with van der Waals surface area (Å²) in [6, 6.07) is 9.19. The summed E-state index contributed by atoms with van der Waals surface area (Å²) in [5.41, 5.74) is 1.97. The molecular formula is C22H24N4O2S. The van der Waals surface area contributed by atoms with Gasteiger partial charge in [0, 0.05) is 34.3 Å². The van der Waals surface area contributed by atoms with E-state index in [0.29, 0.717) is 12.2 Å². The van der Waals surface area contributed by atoms with Crippen molar-refractivity contribution >= 4 is 44.2 Å². The monoisotopic (exact) mass is 408 g/mol. The molecule has 7 heteroatoms. The van der Waals surface area contributed by atoms with E-state index in [1.807, 2.05) is 44.3 Å². The van der Waals surface area contributed by atoms with Crippen molar-refractivity contribution in [3.05, 3.63) is 52.8 Å². The first-order valence-electron chi connectivity index (χ1n) is 9.81. The van der Waals surface area contributed by atoms with Gasteiger partial charge in [-0.25, -0.2) is 14.8 Å². The number of hydrogen-bond acceptors (Lipinski definition) is 5. The molecule has 150 valence electrons. The summed E-state index contributed by atoms with van der Waals surface area (Å²) in [4.78, 5) is 26.8. The number of aromatic amines is 1. The number of thiophene rings is 1. The molecule has 0 aliphatic rings. The first-order valence-corrected chi connectivity index (χ1v) is 10.6. The fraction of sp³-hybridized carbons (Fsp3) is 0.318. The second-order valence-electron chi connectivity index (χ2n) is 7.47. The number of benzene rings is 1. The SMILES string of the molecule is CCc1cc2c(NC(Cc3c[nH]c4ccccc34)C(=O)O)nc(C(C)C)nc2s1. The normalized spacial score (nSPS) is 12.7. The van der Waals surface area contributed by atoms with E-state index in [9.17, 15) is 9.90 Å². The molecule has 0 bridgehead atoms. The number of H-pyrrole nitrogens is 1. The van der Waals surface area contributed by atoms with Gasteiger partial charge >= 0.3 is 5.97 Å². The second-order valence-corrected chi connectivity index (χ2v) is 8.58. The number of aryl methyl sites for hydroxylation is 1. The van der Waals surface area contributed by atoms with Crippen LogP contribution in [0.1, 0.15) is 43.0 Å². The van der Waals surface area contributed by atoms with Crippen molar-refractivity contribution in [3.63, 3.8) is 0 Å². The van der Waals surface area contributed by atoms with Crippen molar-refractivity contribution in [1.29, 1.82) is 0 Å². The third-order valence-corrected chi connectivity index (χ3v) is 6.21. The molecular weight excluding hydrogens is 384 g/mol. The number of carboxylic acids is 1. The zero-order valence-corrected chi connectivity index (χ0v) is 17.5. The van der Waals surface area contributed by atoms with Gasteiger partial charge in [-0.3, -0.25) is 0 Å². The highest BCUT2D eigenvalue weighted by Crippen LogP contribution is 2.31. The predicted octanol–water partition coefficient (Wildman–Crippen LogP) is 4.97. The number of aliphatic carboxylic acids is 1. The summed E-state index contributed by atoms with van der Waals surface area (Å²) in [6.07, 6.45) is 3.15. The fourth-order valence-electron chi connectivity index (χ4n) is 3.42. The summed E-state index contributed by atoms with van der Waals surface area (Å²) >= 11 is 1.64. The maximum Gasteiger partial charge on any atom is 0.326 e. The number of para-hydroxylation sites is 1. The average molecular weight is 409 g/mol. The lowest BCUT2D eigenvalue weighted by molar-refractivity contribution is -0.137. The molecule has 0 saturated heterocycles. The van der Waals surface area contributed by atoms with Crippen LogP contribution in [0.4, 0.5) is 5.82 Å². The van der Waals surface area contributed by atoms with Gasteiger partial charge in [0.05, 0.1) is 5.39 Å². The van der Waals surface area contributed by atoms with Crippen LogP contribution in [0.5, 0.6) is 0 Å². The van der Waals surface area contributed by atoms with Crippen LogP contribution in [0.2, 0.25) is 0 Å². The summed E-state index contributed by atoms with van der Waals surface area (Å²) in [5.74, 6) is 0.575. The predicted molar refractivity (Wildman–Crippen MR) is 118 cm³/mol. The maximum absolute atomic E-state index is 12.1. The summed E-state index contributed by atoms with van der Waals surface area (Å²) < 4.78 is 0. The van der Waals surface area contributed by atoms with Gasteiger partial charge in [-0.1, -0.05) is 39.0 Å². The molecule has 3 N–H and O–H groups in total. The zero-order valence-electron chi connectivity index (χ0n) is 16.7. The van der Waals surface area contributed by atoms with Crippen molar-refractivity contribution in [1.82, 2.24) is 15.0 Å². The van der Waals surface area contributed by atoms with Crippen molar-refractivity contribution in [2.75, 3.05) is 5.32 Å². The van der Waals surface area contributed by atoms with Gasteiger partial charge in [-0.15, -0.1) is 11.3 Å². The summed E-state index contributed by atoms with van der Waals surface area (Å²) in [5, 5.41) is 15.0. The Bertz CT molecular complexity index is 1180. The highest BCUT2D eigenvalue weighted by atomic mass is 32.1. The Morgan fingerprint density at radius 3 is 2.76 bits per heavy atom. The molecule has 6 nitrogen and oxygen atoms in total. The van der Waals surface area contributed by atoms with Crippen LogP contribution in [0, 0.1) is 0 Å². The first-order chi connectivity index (χ1) is 14.0. The van der Waals surface area contributed by atoms with Crippen LogP contribution < -0.4 is 5.32 Å². The number of anilines is 1. The number of rotatable bonds is 7. The van der Waals surface area contributed by atoms with Gasteiger partial charge in [-0.2, -0.15) is 0 Å². The van der Waals surface area contributed by atoms with E-state index in [0.717, 1.165) is 38.9 Å². The van der Waals surface area contributed by atoms with Crippen molar-refractivity contribution in [2.45, 2.75) is 45.6 Å². The lowest BCUT2D eigenvalue weighted by Gasteiger charge is -2.17. The molecule has 29 heavy (non-hydrogen) atoms. The Kier molecular flexibility index (Phi) is 5.24. The molecule has 3 heterocycles. The Labute approximate surface area is 173 Å². The van der Waals surface area contributed by atoms with Gasteiger partial charge < -0.3 is 15.4 Å². The first kappa shape index (κ1) is 19.4. The third kappa shape index (κ3) is 3.82. The van der Waals surface area contributed by atoms with Gasteiger partial charge in [-0.05, 0) is 24.1 Å². The van der Waals surface area contributed by atoms with Crippen molar-refractivity contribution < 1.29 is 9.90 Å². The van der Waals surface area contributed by atoms with Crippen LogP contribution in [-0.4, -0.2) is 32.1 Å². The minimum Gasteiger partial charge on any atom is -0.480 e.